The van der Waals surface area contributed by atoms with Gasteiger partial charge < -0.3 is 14.2 Å². The summed E-state index contributed by atoms with van der Waals surface area (Å²) in [6.45, 7) is 1.39. The van der Waals surface area contributed by atoms with Gasteiger partial charge in [0.25, 0.3) is 11.8 Å². The largest absolute Gasteiger partial charge is 0.497 e. The zero-order valence-electron chi connectivity index (χ0n) is 16.3. The molecular weight excluding hydrogens is 376 g/mol. The van der Waals surface area contributed by atoms with Crippen molar-refractivity contribution in [1.29, 1.82) is 0 Å². The molecule has 8 nitrogen and oxygen atoms in total. The Labute approximate surface area is 168 Å². The molecule has 2 amide bonds. The first-order valence-corrected chi connectivity index (χ1v) is 8.70. The van der Waals surface area contributed by atoms with Crippen LogP contribution in [0.5, 0.6) is 11.5 Å². The second-order valence-electron chi connectivity index (χ2n) is 5.87. The Kier molecular flexibility index (Phi) is 7.78. The van der Waals surface area contributed by atoms with Gasteiger partial charge in [-0.05, 0) is 42.8 Å². The molecule has 29 heavy (non-hydrogen) atoms. The van der Waals surface area contributed by atoms with Crippen LogP contribution >= 0.6 is 0 Å². The topological polar surface area (TPSA) is 103 Å². The van der Waals surface area contributed by atoms with E-state index in [9.17, 15) is 14.4 Å². The van der Waals surface area contributed by atoms with Crippen molar-refractivity contribution in [1.82, 2.24) is 10.9 Å². The first kappa shape index (κ1) is 21.5. The smallest absolute Gasteiger partial charge is 0.331 e. The summed E-state index contributed by atoms with van der Waals surface area (Å²) in [4.78, 5) is 35.8. The lowest BCUT2D eigenvalue weighted by Crippen LogP contribution is -2.46. The fraction of sp³-hybridized carbons (Fsp3) is 0.190. The highest BCUT2D eigenvalue weighted by molar-refractivity contribution is 5.96. The molecule has 0 aliphatic heterocycles. The van der Waals surface area contributed by atoms with Crippen molar-refractivity contribution in [2.75, 3.05) is 14.2 Å². The quantitative estimate of drug-likeness (QED) is 0.421. The Morgan fingerprint density at radius 1 is 0.931 bits per heavy atom. The van der Waals surface area contributed by atoms with E-state index >= 15 is 0 Å². The van der Waals surface area contributed by atoms with E-state index in [4.69, 9.17) is 14.2 Å². The molecule has 0 aliphatic rings. The standard InChI is InChI=1S/C21H22N2O6/c1-14(20(25)22-23-21(26)16-7-5-4-6-8-16)29-19(24)10-9-15-11-17(27-2)13-18(12-15)28-3/h4-14H,1-3H3,(H,22,25)(H,23,26)/b10-9+/t14-/m1/s1. The summed E-state index contributed by atoms with van der Waals surface area (Å²) < 4.78 is 15.4. The minimum Gasteiger partial charge on any atom is -0.497 e. The lowest BCUT2D eigenvalue weighted by Gasteiger charge is -2.13. The van der Waals surface area contributed by atoms with Crippen molar-refractivity contribution >= 4 is 23.9 Å². The second kappa shape index (κ2) is 10.5. The number of ether oxygens (including phenoxy) is 3. The number of benzene rings is 2. The molecule has 0 spiro atoms. The summed E-state index contributed by atoms with van der Waals surface area (Å²) in [7, 11) is 3.04. The normalized spacial score (nSPS) is 11.4. The highest BCUT2D eigenvalue weighted by Gasteiger charge is 2.17. The number of amides is 2. The molecule has 2 aromatic rings. The number of carbonyl (C=O) groups excluding carboxylic acids is 3. The minimum absolute atomic E-state index is 0.383. The minimum atomic E-state index is -1.11. The molecule has 0 fully saturated rings. The van der Waals surface area contributed by atoms with Crippen LogP contribution in [0.1, 0.15) is 22.8 Å². The molecule has 152 valence electrons. The number of rotatable bonds is 7. The molecule has 2 aromatic carbocycles. The molecule has 0 bridgehead atoms. The average Bonchev–Trinajstić information content (AvgIpc) is 2.75. The SMILES string of the molecule is COc1cc(/C=C/C(=O)O[C@H](C)C(=O)NNC(=O)c2ccccc2)cc(OC)c1. The number of methoxy groups -OCH3 is 2. The van der Waals surface area contributed by atoms with Crippen molar-refractivity contribution in [2.45, 2.75) is 13.0 Å². The molecule has 0 aromatic heterocycles. The van der Waals surface area contributed by atoms with E-state index < -0.39 is 23.9 Å². The van der Waals surface area contributed by atoms with Gasteiger partial charge in [-0.2, -0.15) is 0 Å². The maximum absolute atomic E-state index is 12.0. The fourth-order valence-corrected chi connectivity index (χ4v) is 2.24. The summed E-state index contributed by atoms with van der Waals surface area (Å²) >= 11 is 0. The van der Waals surface area contributed by atoms with E-state index in [1.807, 2.05) is 0 Å². The van der Waals surface area contributed by atoms with Crippen molar-refractivity contribution in [3.8, 4) is 11.5 Å². The second-order valence-corrected chi connectivity index (χ2v) is 5.87. The molecule has 0 aliphatic carbocycles. The van der Waals surface area contributed by atoms with Gasteiger partial charge in [-0.25, -0.2) is 4.79 Å². The third-order valence-corrected chi connectivity index (χ3v) is 3.78. The number of esters is 1. The molecule has 0 heterocycles. The maximum atomic E-state index is 12.0. The number of carbonyl (C=O) groups is 3. The predicted molar refractivity (Wildman–Crippen MR) is 106 cm³/mol. The van der Waals surface area contributed by atoms with Gasteiger partial charge in [0.2, 0.25) is 0 Å². The van der Waals surface area contributed by atoms with Crippen LogP contribution < -0.4 is 20.3 Å². The molecule has 0 saturated heterocycles. The summed E-state index contributed by atoms with van der Waals surface area (Å²) in [5, 5.41) is 0. The van der Waals surface area contributed by atoms with Crippen LogP contribution in [-0.4, -0.2) is 38.1 Å². The molecular formula is C21H22N2O6. The Hall–Kier alpha value is -3.81. The van der Waals surface area contributed by atoms with Gasteiger partial charge in [0.1, 0.15) is 11.5 Å². The number of hydrogen-bond donors (Lipinski definition) is 2. The maximum Gasteiger partial charge on any atom is 0.331 e. The van der Waals surface area contributed by atoms with E-state index in [1.54, 1.807) is 48.5 Å². The van der Waals surface area contributed by atoms with Crippen LogP contribution in [0.25, 0.3) is 6.08 Å². The third kappa shape index (κ3) is 6.69. The molecule has 2 rings (SSSR count). The average molecular weight is 398 g/mol. The fourth-order valence-electron chi connectivity index (χ4n) is 2.24. The van der Waals surface area contributed by atoms with Gasteiger partial charge in [-0.1, -0.05) is 18.2 Å². The zero-order chi connectivity index (χ0) is 21.2. The van der Waals surface area contributed by atoms with Crippen molar-refractivity contribution in [3.63, 3.8) is 0 Å². The monoisotopic (exact) mass is 398 g/mol. The Morgan fingerprint density at radius 2 is 1.55 bits per heavy atom. The number of nitrogens with one attached hydrogen (secondary N) is 2. The van der Waals surface area contributed by atoms with Crippen LogP contribution in [0.15, 0.2) is 54.6 Å². The van der Waals surface area contributed by atoms with Gasteiger partial charge >= 0.3 is 5.97 Å². The van der Waals surface area contributed by atoms with Crippen molar-refractivity contribution < 1.29 is 28.6 Å². The Morgan fingerprint density at radius 3 is 2.14 bits per heavy atom. The highest BCUT2D eigenvalue weighted by atomic mass is 16.5. The van der Waals surface area contributed by atoms with Crippen LogP contribution in [0.2, 0.25) is 0 Å². The van der Waals surface area contributed by atoms with Gasteiger partial charge in [-0.15, -0.1) is 0 Å². The van der Waals surface area contributed by atoms with E-state index in [0.29, 0.717) is 22.6 Å². The molecule has 2 N–H and O–H groups in total. The lowest BCUT2D eigenvalue weighted by atomic mass is 10.2. The first-order valence-electron chi connectivity index (χ1n) is 8.70. The van der Waals surface area contributed by atoms with Gasteiger partial charge in [0.15, 0.2) is 6.10 Å². The van der Waals surface area contributed by atoms with E-state index in [1.165, 1.54) is 33.3 Å². The molecule has 1 atom stereocenters. The Balaban J connectivity index is 1.87. The van der Waals surface area contributed by atoms with Gasteiger partial charge in [0.05, 0.1) is 14.2 Å². The van der Waals surface area contributed by atoms with Gasteiger partial charge in [0, 0.05) is 17.7 Å². The van der Waals surface area contributed by atoms with E-state index in [-0.39, 0.29) is 0 Å². The molecule has 0 saturated carbocycles. The van der Waals surface area contributed by atoms with Crippen molar-refractivity contribution in [2.24, 2.45) is 0 Å². The summed E-state index contributed by atoms with van der Waals surface area (Å²) in [6, 6.07) is 13.5. The first-order chi connectivity index (χ1) is 13.9. The Bertz CT molecular complexity index is 873. The van der Waals surface area contributed by atoms with Crippen LogP contribution in [0.3, 0.4) is 0 Å². The van der Waals surface area contributed by atoms with Crippen LogP contribution in [-0.2, 0) is 14.3 Å². The third-order valence-electron chi connectivity index (χ3n) is 3.78. The van der Waals surface area contributed by atoms with Crippen molar-refractivity contribution in [3.05, 3.63) is 65.7 Å². The summed E-state index contributed by atoms with van der Waals surface area (Å²) in [6.07, 6.45) is 1.58. The molecule has 0 radical (unpaired) electrons. The zero-order valence-corrected chi connectivity index (χ0v) is 16.3. The van der Waals surface area contributed by atoms with E-state index in [2.05, 4.69) is 10.9 Å². The van der Waals surface area contributed by atoms with E-state index in [0.717, 1.165) is 0 Å². The number of hydrazine groups is 1. The lowest BCUT2D eigenvalue weighted by molar-refractivity contribution is -0.150. The molecule has 0 unspecified atom stereocenters. The number of hydrogen-bond acceptors (Lipinski definition) is 6. The van der Waals surface area contributed by atoms with Crippen LogP contribution in [0.4, 0.5) is 0 Å². The summed E-state index contributed by atoms with van der Waals surface area (Å²) in [5.74, 6) is -0.731. The summed E-state index contributed by atoms with van der Waals surface area (Å²) in [5.41, 5.74) is 5.52. The highest BCUT2D eigenvalue weighted by Crippen LogP contribution is 2.23. The van der Waals surface area contributed by atoms with Crippen LogP contribution in [0, 0.1) is 0 Å². The molecule has 8 heteroatoms. The predicted octanol–water partition coefficient (Wildman–Crippen LogP) is 2.11. The van der Waals surface area contributed by atoms with Gasteiger partial charge in [-0.3, -0.25) is 20.4 Å².